The number of carbonyl (C=O) groups excluding carboxylic acids is 1. The van der Waals surface area contributed by atoms with E-state index < -0.39 is 11.6 Å². The van der Waals surface area contributed by atoms with Gasteiger partial charge in [-0.3, -0.25) is 14.6 Å². The van der Waals surface area contributed by atoms with Crippen molar-refractivity contribution in [1.82, 2.24) is 9.80 Å². The van der Waals surface area contributed by atoms with Crippen LogP contribution in [0.2, 0.25) is 0 Å². The van der Waals surface area contributed by atoms with Gasteiger partial charge >= 0.3 is 5.97 Å². The third-order valence-corrected chi connectivity index (χ3v) is 7.32. The number of nitrogens with zero attached hydrogens (tertiary/aromatic N) is 3. The van der Waals surface area contributed by atoms with Gasteiger partial charge in [0.2, 0.25) is 0 Å². The smallest absolute Gasteiger partial charge is 0.305 e. The molecule has 0 radical (unpaired) electrons. The summed E-state index contributed by atoms with van der Waals surface area (Å²) in [6.45, 7) is 5.98. The lowest BCUT2D eigenvalue weighted by molar-refractivity contribution is -0.141. The molecule has 2 aromatic carbocycles. The molecule has 0 unspecified atom stereocenters. The minimum absolute atomic E-state index is 0.192. The molecule has 0 N–H and O–H groups in total. The molecule has 2 fully saturated rings. The van der Waals surface area contributed by atoms with Gasteiger partial charge in [-0.25, -0.2) is 8.78 Å². The minimum Gasteiger partial charge on any atom is -0.495 e. The van der Waals surface area contributed by atoms with Gasteiger partial charge in [0.15, 0.2) is 11.6 Å². The van der Waals surface area contributed by atoms with Crippen LogP contribution in [0, 0.1) is 17.6 Å². The summed E-state index contributed by atoms with van der Waals surface area (Å²) in [4.78, 5) is 19.1. The third kappa shape index (κ3) is 6.30. The van der Waals surface area contributed by atoms with Crippen molar-refractivity contribution in [3.05, 3.63) is 59.7 Å². The molecule has 2 heterocycles. The Bertz CT molecular complexity index is 997. The van der Waals surface area contributed by atoms with Crippen molar-refractivity contribution in [3.63, 3.8) is 0 Å². The Morgan fingerprint density at radius 2 is 1.77 bits per heavy atom. The van der Waals surface area contributed by atoms with E-state index >= 15 is 0 Å². The number of methoxy groups -OCH3 is 2. The van der Waals surface area contributed by atoms with Crippen LogP contribution >= 0.6 is 0 Å². The normalized spacial score (nSPS) is 21.7. The first-order valence-corrected chi connectivity index (χ1v) is 12.3. The second kappa shape index (κ2) is 11.8. The first kappa shape index (κ1) is 25.4. The summed E-state index contributed by atoms with van der Waals surface area (Å²) in [5, 5.41) is 0. The highest BCUT2D eigenvalue weighted by Gasteiger charge is 2.35. The van der Waals surface area contributed by atoms with Gasteiger partial charge in [0.25, 0.3) is 0 Å². The second-order valence-corrected chi connectivity index (χ2v) is 9.41. The lowest BCUT2D eigenvalue weighted by atomic mass is 9.86. The van der Waals surface area contributed by atoms with Crippen LogP contribution in [0.15, 0.2) is 42.5 Å². The summed E-state index contributed by atoms with van der Waals surface area (Å²) < 4.78 is 37.5. The predicted molar refractivity (Wildman–Crippen MR) is 132 cm³/mol. The highest BCUT2D eigenvalue weighted by atomic mass is 19.2. The van der Waals surface area contributed by atoms with Crippen molar-refractivity contribution in [2.24, 2.45) is 5.92 Å². The average Bonchev–Trinajstić information content (AvgIpc) is 2.89. The predicted octanol–water partition coefficient (Wildman–Crippen LogP) is 3.94. The lowest BCUT2D eigenvalue weighted by Gasteiger charge is -2.47. The summed E-state index contributed by atoms with van der Waals surface area (Å²) in [7, 11) is 3.13. The number of rotatable bonds is 8. The van der Waals surface area contributed by atoms with Gasteiger partial charge in [-0.15, -0.1) is 0 Å². The maximum absolute atomic E-state index is 13.7. The fraction of sp³-hybridized carbons (Fsp3) is 0.519. The second-order valence-electron chi connectivity index (χ2n) is 9.41. The van der Waals surface area contributed by atoms with E-state index in [4.69, 9.17) is 9.47 Å². The van der Waals surface area contributed by atoms with Crippen molar-refractivity contribution in [2.45, 2.75) is 31.8 Å². The Hall–Kier alpha value is -2.71. The van der Waals surface area contributed by atoms with Crippen molar-refractivity contribution in [2.75, 3.05) is 58.4 Å². The van der Waals surface area contributed by atoms with E-state index in [9.17, 15) is 13.6 Å². The van der Waals surface area contributed by atoms with Crippen LogP contribution < -0.4 is 9.64 Å². The van der Waals surface area contributed by atoms with Gasteiger partial charge in [-0.2, -0.15) is 0 Å². The quantitative estimate of drug-likeness (QED) is 0.526. The Morgan fingerprint density at radius 3 is 2.49 bits per heavy atom. The van der Waals surface area contributed by atoms with E-state index in [0.717, 1.165) is 69.1 Å². The Kier molecular flexibility index (Phi) is 8.57. The molecule has 0 bridgehead atoms. The summed E-state index contributed by atoms with van der Waals surface area (Å²) in [6, 6.07) is 12.6. The zero-order valence-corrected chi connectivity index (χ0v) is 20.6. The molecule has 2 atom stereocenters. The molecule has 0 saturated carbocycles. The molecule has 35 heavy (non-hydrogen) atoms. The largest absolute Gasteiger partial charge is 0.495 e. The van der Waals surface area contributed by atoms with Crippen molar-refractivity contribution in [1.29, 1.82) is 0 Å². The fourth-order valence-corrected chi connectivity index (χ4v) is 5.49. The van der Waals surface area contributed by atoms with Crippen LogP contribution in [-0.2, 0) is 16.1 Å². The summed E-state index contributed by atoms with van der Waals surface area (Å²) in [6.07, 6.45) is 2.11. The van der Waals surface area contributed by atoms with Gasteiger partial charge in [0.1, 0.15) is 5.75 Å². The number of halogens is 2. The number of piperidine rings is 1. The van der Waals surface area contributed by atoms with E-state index in [2.05, 4.69) is 20.8 Å². The van der Waals surface area contributed by atoms with Crippen LogP contribution in [0.25, 0.3) is 0 Å². The number of anilines is 1. The number of ether oxygens (including phenoxy) is 2. The van der Waals surface area contributed by atoms with Crippen LogP contribution in [0.1, 0.15) is 24.8 Å². The van der Waals surface area contributed by atoms with Crippen LogP contribution in [0.5, 0.6) is 5.75 Å². The minimum atomic E-state index is -0.823. The zero-order chi connectivity index (χ0) is 24.8. The number of para-hydroxylation sites is 2. The summed E-state index contributed by atoms with van der Waals surface area (Å²) in [5.74, 6) is -0.640. The van der Waals surface area contributed by atoms with E-state index in [0.29, 0.717) is 24.9 Å². The number of esters is 1. The topological polar surface area (TPSA) is 45.2 Å². The SMILES string of the molecule is COC(=O)CC[C@@H]1CN(Cc2ccc(F)c(F)c2)CC[C@@H]1N1CCN(c2ccccc2OC)CC1. The molecule has 0 amide bonds. The zero-order valence-electron chi connectivity index (χ0n) is 20.6. The van der Waals surface area contributed by atoms with Gasteiger partial charge in [0, 0.05) is 51.7 Å². The molecular weight excluding hydrogens is 452 g/mol. The third-order valence-electron chi connectivity index (χ3n) is 7.32. The molecule has 0 aromatic heterocycles. The molecule has 0 spiro atoms. The van der Waals surface area contributed by atoms with E-state index in [1.807, 2.05) is 18.2 Å². The molecule has 2 aliphatic heterocycles. The maximum Gasteiger partial charge on any atom is 0.305 e. The molecule has 2 aliphatic rings. The Labute approximate surface area is 206 Å². The number of piperazine rings is 1. The Morgan fingerprint density at radius 1 is 1.00 bits per heavy atom. The van der Waals surface area contributed by atoms with E-state index in [-0.39, 0.29) is 5.97 Å². The molecule has 2 saturated heterocycles. The van der Waals surface area contributed by atoms with Crippen molar-refractivity contribution >= 4 is 11.7 Å². The first-order chi connectivity index (χ1) is 17.0. The number of hydrogen-bond acceptors (Lipinski definition) is 6. The first-order valence-electron chi connectivity index (χ1n) is 12.3. The fourth-order valence-electron chi connectivity index (χ4n) is 5.49. The number of hydrogen-bond donors (Lipinski definition) is 0. The molecule has 2 aromatic rings. The van der Waals surface area contributed by atoms with E-state index in [1.165, 1.54) is 19.2 Å². The van der Waals surface area contributed by atoms with Crippen molar-refractivity contribution < 1.29 is 23.0 Å². The monoisotopic (exact) mass is 487 g/mol. The number of carbonyl (C=O) groups is 1. The van der Waals surface area contributed by atoms with Crippen LogP contribution in [0.3, 0.4) is 0 Å². The maximum atomic E-state index is 13.7. The molecule has 190 valence electrons. The summed E-state index contributed by atoms with van der Waals surface area (Å²) >= 11 is 0. The number of benzene rings is 2. The molecule has 0 aliphatic carbocycles. The average molecular weight is 488 g/mol. The van der Waals surface area contributed by atoms with Crippen LogP contribution in [-0.4, -0.2) is 75.3 Å². The summed E-state index contributed by atoms with van der Waals surface area (Å²) in [5.41, 5.74) is 1.89. The van der Waals surface area contributed by atoms with Gasteiger partial charge in [-0.1, -0.05) is 18.2 Å². The van der Waals surface area contributed by atoms with Gasteiger partial charge in [-0.05, 0) is 55.1 Å². The molecule has 6 nitrogen and oxygen atoms in total. The van der Waals surface area contributed by atoms with Gasteiger partial charge in [0.05, 0.1) is 19.9 Å². The Balaban J connectivity index is 1.40. The van der Waals surface area contributed by atoms with Crippen molar-refractivity contribution in [3.8, 4) is 5.75 Å². The molecule has 8 heteroatoms. The molecule has 4 rings (SSSR count). The number of likely N-dealkylation sites (tertiary alicyclic amines) is 1. The molecular formula is C27H35F2N3O3. The highest BCUT2D eigenvalue weighted by Crippen LogP contribution is 2.32. The lowest BCUT2D eigenvalue weighted by Crippen LogP contribution is -2.56. The standard InChI is InChI=1S/C27H35F2N3O3/c1-34-26-6-4-3-5-25(26)32-15-13-31(14-16-32)24-11-12-30(19-21(24)8-10-27(33)35-2)18-20-7-9-22(28)23(29)17-20/h3-7,9,17,21,24H,8,10-16,18-19H2,1-2H3/t21-,24+/m1/s1. The van der Waals surface area contributed by atoms with E-state index in [1.54, 1.807) is 13.2 Å². The van der Waals surface area contributed by atoms with Gasteiger partial charge < -0.3 is 14.4 Å². The highest BCUT2D eigenvalue weighted by molar-refractivity contribution is 5.69. The van der Waals surface area contributed by atoms with Crippen LogP contribution in [0.4, 0.5) is 14.5 Å².